The topological polar surface area (TPSA) is 17.1 Å². The van der Waals surface area contributed by atoms with Gasteiger partial charge in [-0.1, -0.05) is 75.7 Å². The Kier molecular flexibility index (Phi) is 7.11. The van der Waals surface area contributed by atoms with Crippen LogP contribution in [0.15, 0.2) is 106 Å². The highest BCUT2D eigenvalue weighted by Crippen LogP contribution is 2.34. The maximum absolute atomic E-state index is 12.3. The van der Waals surface area contributed by atoms with Crippen LogP contribution in [0.5, 0.6) is 0 Å². The lowest BCUT2D eigenvalue weighted by molar-refractivity contribution is 0.104. The molecule has 0 amide bonds. The summed E-state index contributed by atoms with van der Waals surface area (Å²) >= 11 is 11.0. The summed E-state index contributed by atoms with van der Waals surface area (Å²) in [7, 11) is 0. The van der Waals surface area contributed by atoms with E-state index >= 15 is 0 Å². The van der Waals surface area contributed by atoms with Crippen LogP contribution in [0, 0.1) is 0 Å². The molecule has 134 valence electrons. The minimum absolute atomic E-state index is 0.0519. The number of thioether (sulfide) groups is 1. The van der Waals surface area contributed by atoms with Crippen molar-refractivity contribution in [3.8, 4) is 0 Å². The Balaban J connectivity index is 1.82. The third kappa shape index (κ3) is 5.96. The molecule has 27 heavy (non-hydrogen) atoms. The fourth-order valence-electron chi connectivity index (χ4n) is 2.35. The van der Waals surface area contributed by atoms with Gasteiger partial charge in [0.05, 0.1) is 0 Å². The van der Waals surface area contributed by atoms with Crippen LogP contribution in [-0.4, -0.2) is 5.78 Å². The molecule has 0 aliphatic heterocycles. The summed E-state index contributed by atoms with van der Waals surface area (Å²) in [5, 5.41) is 0.618. The van der Waals surface area contributed by atoms with Crippen LogP contribution in [0.4, 0.5) is 0 Å². The molecule has 0 aromatic heterocycles. The first-order chi connectivity index (χ1) is 13.1. The summed E-state index contributed by atoms with van der Waals surface area (Å²) < 4.78 is 1.05. The van der Waals surface area contributed by atoms with Crippen LogP contribution >= 0.6 is 39.3 Å². The van der Waals surface area contributed by atoms with Gasteiger partial charge < -0.3 is 0 Å². The molecule has 3 aromatic rings. The number of allylic oxidation sites excluding steroid dienone is 3. The second kappa shape index (κ2) is 9.75. The smallest absolute Gasteiger partial charge is 0.185 e. The van der Waals surface area contributed by atoms with Crippen LogP contribution in [0.3, 0.4) is 0 Å². The SMILES string of the molecule is O=C(/C=C/C=C(\Sc1ccc(Br)cc1)c1ccccc1)c1ccc(Cl)cc1. The zero-order valence-corrected chi connectivity index (χ0v) is 17.5. The Morgan fingerprint density at radius 3 is 2.19 bits per heavy atom. The Labute approximate surface area is 176 Å². The zero-order chi connectivity index (χ0) is 19.1. The molecule has 0 aliphatic rings. The molecule has 1 nitrogen and oxygen atoms in total. The molecular weight excluding hydrogens is 440 g/mol. The van der Waals surface area contributed by atoms with E-state index in [1.54, 1.807) is 48.2 Å². The van der Waals surface area contributed by atoms with E-state index in [-0.39, 0.29) is 5.78 Å². The predicted octanol–water partition coefficient (Wildman–Crippen LogP) is 7.67. The van der Waals surface area contributed by atoms with Gasteiger partial charge in [-0.15, -0.1) is 0 Å². The maximum Gasteiger partial charge on any atom is 0.185 e. The molecule has 3 rings (SSSR count). The zero-order valence-electron chi connectivity index (χ0n) is 14.3. The fraction of sp³-hybridized carbons (Fsp3) is 0. The molecule has 0 saturated carbocycles. The number of benzene rings is 3. The molecule has 0 heterocycles. The van der Waals surface area contributed by atoms with Gasteiger partial charge >= 0.3 is 0 Å². The number of rotatable bonds is 6. The predicted molar refractivity (Wildman–Crippen MR) is 119 cm³/mol. The minimum Gasteiger partial charge on any atom is -0.289 e. The quantitative estimate of drug-likeness (QED) is 0.164. The van der Waals surface area contributed by atoms with Gasteiger partial charge in [-0.2, -0.15) is 0 Å². The first kappa shape index (κ1) is 19.7. The molecule has 0 atom stereocenters. The van der Waals surface area contributed by atoms with E-state index < -0.39 is 0 Å². The average Bonchev–Trinajstić information content (AvgIpc) is 2.70. The van der Waals surface area contributed by atoms with Gasteiger partial charge in [-0.05, 0) is 66.2 Å². The Morgan fingerprint density at radius 1 is 0.852 bits per heavy atom. The van der Waals surface area contributed by atoms with Gasteiger partial charge in [-0.3, -0.25) is 4.79 Å². The highest BCUT2D eigenvalue weighted by Gasteiger charge is 2.04. The van der Waals surface area contributed by atoms with Crippen molar-refractivity contribution in [1.82, 2.24) is 0 Å². The minimum atomic E-state index is -0.0519. The average molecular weight is 456 g/mol. The van der Waals surface area contributed by atoms with Crippen molar-refractivity contribution in [3.05, 3.63) is 118 Å². The van der Waals surface area contributed by atoms with E-state index in [0.717, 1.165) is 19.8 Å². The van der Waals surface area contributed by atoms with Gasteiger partial charge in [0, 0.05) is 24.9 Å². The third-order valence-corrected chi connectivity index (χ3v) is 5.60. The summed E-state index contributed by atoms with van der Waals surface area (Å²) in [6.45, 7) is 0. The summed E-state index contributed by atoms with van der Waals surface area (Å²) in [5.41, 5.74) is 1.72. The lowest BCUT2D eigenvalue weighted by atomic mass is 10.1. The summed E-state index contributed by atoms with van der Waals surface area (Å²) in [6.07, 6.45) is 5.34. The van der Waals surface area contributed by atoms with Crippen molar-refractivity contribution < 1.29 is 4.79 Å². The molecular formula is C23H16BrClOS. The van der Waals surface area contributed by atoms with Crippen molar-refractivity contribution in [2.75, 3.05) is 0 Å². The monoisotopic (exact) mass is 454 g/mol. The van der Waals surface area contributed by atoms with Crippen LogP contribution in [0.1, 0.15) is 15.9 Å². The van der Waals surface area contributed by atoms with Crippen molar-refractivity contribution in [2.24, 2.45) is 0 Å². The number of carbonyl (C=O) groups is 1. The molecule has 0 unspecified atom stereocenters. The van der Waals surface area contributed by atoms with E-state index in [9.17, 15) is 4.79 Å². The second-order valence-electron chi connectivity index (χ2n) is 5.68. The highest BCUT2D eigenvalue weighted by atomic mass is 79.9. The fourth-order valence-corrected chi connectivity index (χ4v) is 3.67. The van der Waals surface area contributed by atoms with Crippen LogP contribution in [-0.2, 0) is 0 Å². The van der Waals surface area contributed by atoms with Crippen molar-refractivity contribution in [2.45, 2.75) is 4.90 Å². The van der Waals surface area contributed by atoms with Gasteiger partial charge in [0.1, 0.15) is 0 Å². The highest BCUT2D eigenvalue weighted by molar-refractivity contribution is 9.10. The number of hydrogen-bond donors (Lipinski definition) is 0. The first-order valence-electron chi connectivity index (χ1n) is 8.29. The van der Waals surface area contributed by atoms with E-state index in [1.165, 1.54) is 0 Å². The van der Waals surface area contributed by atoms with E-state index in [0.29, 0.717) is 10.6 Å². The lowest BCUT2D eigenvalue weighted by Crippen LogP contribution is -1.92. The third-order valence-electron chi connectivity index (χ3n) is 3.72. The Bertz CT molecular complexity index is 962. The normalized spacial score (nSPS) is 11.7. The van der Waals surface area contributed by atoms with E-state index in [1.807, 2.05) is 36.4 Å². The Hall–Kier alpha value is -2.07. The lowest BCUT2D eigenvalue weighted by Gasteiger charge is -2.07. The number of halogens is 2. The van der Waals surface area contributed by atoms with Crippen LogP contribution < -0.4 is 0 Å². The van der Waals surface area contributed by atoms with Crippen LogP contribution in [0.2, 0.25) is 5.02 Å². The van der Waals surface area contributed by atoms with Crippen molar-refractivity contribution in [3.63, 3.8) is 0 Å². The summed E-state index contributed by atoms with van der Waals surface area (Å²) in [6, 6.07) is 25.2. The van der Waals surface area contributed by atoms with Crippen molar-refractivity contribution >= 4 is 50.0 Å². The number of ketones is 1. The van der Waals surface area contributed by atoms with Crippen molar-refractivity contribution in [1.29, 1.82) is 0 Å². The molecule has 4 heteroatoms. The van der Waals surface area contributed by atoms with E-state index in [2.05, 4.69) is 40.2 Å². The standard InChI is InChI=1S/C23H16BrClOS/c24-19-11-15-21(16-12-19)27-23(18-5-2-1-3-6-18)8-4-7-22(26)17-9-13-20(25)14-10-17/h1-16H/b7-4+,23-8-. The number of carbonyl (C=O) groups excluding carboxylic acids is 1. The van der Waals surface area contributed by atoms with Gasteiger partial charge in [0.15, 0.2) is 5.78 Å². The van der Waals surface area contributed by atoms with E-state index in [4.69, 9.17) is 11.6 Å². The molecule has 0 N–H and O–H groups in total. The molecule has 0 bridgehead atoms. The first-order valence-corrected chi connectivity index (χ1v) is 10.3. The molecule has 3 aromatic carbocycles. The second-order valence-corrected chi connectivity index (χ2v) is 8.15. The molecule has 0 aliphatic carbocycles. The van der Waals surface area contributed by atoms with Gasteiger partial charge in [-0.25, -0.2) is 0 Å². The summed E-state index contributed by atoms with van der Waals surface area (Å²) in [5.74, 6) is -0.0519. The Morgan fingerprint density at radius 2 is 1.52 bits per heavy atom. The molecule has 0 spiro atoms. The largest absolute Gasteiger partial charge is 0.289 e. The molecule has 0 radical (unpaired) electrons. The maximum atomic E-state index is 12.3. The van der Waals surface area contributed by atoms with Gasteiger partial charge in [0.2, 0.25) is 0 Å². The molecule has 0 fully saturated rings. The van der Waals surface area contributed by atoms with Crippen LogP contribution in [0.25, 0.3) is 4.91 Å². The van der Waals surface area contributed by atoms with Gasteiger partial charge in [0.25, 0.3) is 0 Å². The summed E-state index contributed by atoms with van der Waals surface area (Å²) in [4.78, 5) is 14.5. The number of hydrogen-bond acceptors (Lipinski definition) is 2. The molecule has 0 saturated heterocycles.